The Bertz CT molecular complexity index is 515. The Morgan fingerprint density at radius 1 is 1.12 bits per heavy atom. The van der Waals surface area contributed by atoms with Gasteiger partial charge in [-0.3, -0.25) is 4.79 Å². The van der Waals surface area contributed by atoms with Gasteiger partial charge in [-0.15, -0.1) is 0 Å². The molecule has 0 saturated heterocycles. The van der Waals surface area contributed by atoms with Crippen molar-refractivity contribution in [2.24, 2.45) is 0 Å². The lowest BCUT2D eigenvalue weighted by atomic mass is 10.1. The summed E-state index contributed by atoms with van der Waals surface area (Å²) < 4.78 is 1.88. The summed E-state index contributed by atoms with van der Waals surface area (Å²) in [4.78, 5) is 16.3. The zero-order chi connectivity index (χ0) is 12.3. The molecule has 2 rings (SSSR count). The maximum atomic E-state index is 12.0. The average Bonchev–Trinajstić information content (AvgIpc) is 2.28. The molecular weight excluding hydrogens is 212 g/mol. The second-order valence-corrected chi connectivity index (χ2v) is 4.11. The van der Waals surface area contributed by atoms with Crippen molar-refractivity contribution >= 4 is 5.78 Å². The molecular formula is C14H15N2O+. The van der Waals surface area contributed by atoms with Crippen molar-refractivity contribution in [3.63, 3.8) is 0 Å². The van der Waals surface area contributed by atoms with Crippen molar-refractivity contribution in [1.29, 1.82) is 0 Å². The van der Waals surface area contributed by atoms with Gasteiger partial charge in [0, 0.05) is 5.56 Å². The van der Waals surface area contributed by atoms with Crippen LogP contribution in [0.25, 0.3) is 0 Å². The molecule has 0 saturated carbocycles. The quantitative estimate of drug-likeness (QED) is 0.592. The third kappa shape index (κ3) is 2.97. The van der Waals surface area contributed by atoms with Crippen molar-refractivity contribution in [2.45, 2.75) is 20.4 Å². The molecule has 0 unspecified atom stereocenters. The van der Waals surface area contributed by atoms with E-state index in [4.69, 9.17) is 0 Å². The van der Waals surface area contributed by atoms with Gasteiger partial charge in [-0.2, -0.15) is 4.57 Å². The summed E-state index contributed by atoms with van der Waals surface area (Å²) in [6, 6.07) is 9.33. The first kappa shape index (κ1) is 11.5. The van der Waals surface area contributed by atoms with E-state index in [1.807, 2.05) is 61.1 Å². The second kappa shape index (κ2) is 4.87. The van der Waals surface area contributed by atoms with Crippen LogP contribution in [0.3, 0.4) is 0 Å². The highest BCUT2D eigenvalue weighted by Gasteiger charge is 2.12. The fourth-order valence-corrected chi connectivity index (χ4v) is 1.83. The van der Waals surface area contributed by atoms with Crippen molar-refractivity contribution in [2.75, 3.05) is 0 Å². The van der Waals surface area contributed by atoms with Crippen LogP contribution in [0.1, 0.15) is 21.7 Å². The van der Waals surface area contributed by atoms with Gasteiger partial charge in [-0.25, -0.2) is 4.98 Å². The summed E-state index contributed by atoms with van der Waals surface area (Å²) in [5, 5.41) is 0. The predicted octanol–water partition coefficient (Wildman–Crippen LogP) is 1.87. The van der Waals surface area contributed by atoms with Gasteiger partial charge in [0.15, 0.2) is 12.4 Å². The Balaban J connectivity index is 2.19. The maximum absolute atomic E-state index is 12.0. The smallest absolute Gasteiger partial charge is 0.227 e. The highest BCUT2D eigenvalue weighted by molar-refractivity contribution is 5.94. The molecule has 86 valence electrons. The van der Waals surface area contributed by atoms with E-state index in [9.17, 15) is 4.79 Å². The summed E-state index contributed by atoms with van der Waals surface area (Å²) in [7, 11) is 0. The molecule has 1 aromatic carbocycles. The van der Waals surface area contributed by atoms with E-state index in [1.165, 1.54) is 0 Å². The van der Waals surface area contributed by atoms with Crippen LogP contribution in [-0.2, 0) is 6.54 Å². The van der Waals surface area contributed by atoms with Gasteiger partial charge in [-0.1, -0.05) is 30.3 Å². The molecule has 0 atom stereocenters. The molecule has 0 aliphatic rings. The standard InChI is InChI=1S/C14H15N2O/c1-11-8-16(9-12(2)15-11)10-14(17)13-6-4-3-5-7-13/h3-9H,10H2,1-2H3/q+1. The van der Waals surface area contributed by atoms with Gasteiger partial charge in [0.2, 0.25) is 12.3 Å². The Morgan fingerprint density at radius 3 is 2.29 bits per heavy atom. The van der Waals surface area contributed by atoms with Crippen LogP contribution >= 0.6 is 0 Å². The Hall–Kier alpha value is -2.03. The number of Topliss-reactive ketones (excluding diaryl/α,β-unsaturated/α-hetero) is 1. The van der Waals surface area contributed by atoms with Gasteiger partial charge in [0.25, 0.3) is 0 Å². The van der Waals surface area contributed by atoms with Gasteiger partial charge >= 0.3 is 0 Å². The number of aromatic nitrogens is 2. The molecule has 1 aromatic heterocycles. The Labute approximate surface area is 101 Å². The fourth-order valence-electron chi connectivity index (χ4n) is 1.83. The van der Waals surface area contributed by atoms with Crippen LogP contribution < -0.4 is 4.57 Å². The maximum Gasteiger partial charge on any atom is 0.227 e. The number of ketones is 1. The van der Waals surface area contributed by atoms with E-state index in [2.05, 4.69) is 4.98 Å². The Kier molecular flexibility index (Phi) is 3.28. The molecule has 0 spiro atoms. The third-order valence-electron chi connectivity index (χ3n) is 2.48. The minimum absolute atomic E-state index is 0.112. The van der Waals surface area contributed by atoms with Gasteiger partial charge in [0.05, 0.1) is 0 Å². The summed E-state index contributed by atoms with van der Waals surface area (Å²) in [6.07, 6.45) is 3.77. The topological polar surface area (TPSA) is 33.8 Å². The largest absolute Gasteiger partial charge is 0.287 e. The number of hydrogen-bond acceptors (Lipinski definition) is 2. The molecule has 0 fully saturated rings. The predicted molar refractivity (Wildman–Crippen MR) is 64.7 cm³/mol. The van der Waals surface area contributed by atoms with Crippen molar-refractivity contribution in [3.8, 4) is 0 Å². The highest BCUT2D eigenvalue weighted by atomic mass is 16.1. The van der Waals surface area contributed by atoms with Crippen LogP contribution in [-0.4, -0.2) is 10.8 Å². The summed E-state index contributed by atoms with van der Waals surface area (Å²) >= 11 is 0. The van der Waals surface area contributed by atoms with Crippen LogP contribution in [0.15, 0.2) is 42.7 Å². The summed E-state index contributed by atoms with van der Waals surface area (Å²) in [5.41, 5.74) is 2.59. The second-order valence-electron chi connectivity index (χ2n) is 4.11. The minimum atomic E-state index is 0.112. The normalized spacial score (nSPS) is 10.2. The van der Waals surface area contributed by atoms with Gasteiger partial charge < -0.3 is 0 Å². The van der Waals surface area contributed by atoms with Gasteiger partial charge in [-0.05, 0) is 13.8 Å². The fraction of sp³-hybridized carbons (Fsp3) is 0.214. The SMILES string of the molecule is Cc1c[n+](CC(=O)c2ccccc2)cc(C)n1. The summed E-state index contributed by atoms with van der Waals surface area (Å²) in [6.45, 7) is 4.21. The molecule has 17 heavy (non-hydrogen) atoms. The molecule has 0 aliphatic carbocycles. The van der Waals surface area contributed by atoms with E-state index in [-0.39, 0.29) is 5.78 Å². The van der Waals surface area contributed by atoms with Crippen LogP contribution in [0, 0.1) is 13.8 Å². The van der Waals surface area contributed by atoms with Crippen LogP contribution in [0.2, 0.25) is 0 Å². The lowest BCUT2D eigenvalue weighted by molar-refractivity contribution is -0.684. The van der Waals surface area contributed by atoms with Crippen molar-refractivity contribution in [3.05, 3.63) is 59.7 Å². The van der Waals surface area contributed by atoms with E-state index in [1.54, 1.807) is 0 Å². The minimum Gasteiger partial charge on any atom is -0.287 e. The van der Waals surface area contributed by atoms with Crippen molar-refractivity contribution < 1.29 is 9.36 Å². The molecule has 0 N–H and O–H groups in total. The molecule has 0 radical (unpaired) electrons. The lowest BCUT2D eigenvalue weighted by Gasteiger charge is -1.99. The average molecular weight is 227 g/mol. The molecule has 3 heteroatoms. The van der Waals surface area contributed by atoms with Crippen LogP contribution in [0.5, 0.6) is 0 Å². The number of hydrogen-bond donors (Lipinski definition) is 0. The number of carbonyl (C=O) groups is 1. The van der Waals surface area contributed by atoms with Crippen molar-refractivity contribution in [1.82, 2.24) is 4.98 Å². The third-order valence-corrected chi connectivity index (χ3v) is 2.48. The number of benzene rings is 1. The highest BCUT2D eigenvalue weighted by Crippen LogP contribution is 2.00. The lowest BCUT2D eigenvalue weighted by Crippen LogP contribution is -2.38. The van der Waals surface area contributed by atoms with E-state index >= 15 is 0 Å². The van der Waals surface area contributed by atoms with Crippen LogP contribution in [0.4, 0.5) is 0 Å². The molecule has 1 heterocycles. The first-order valence-corrected chi connectivity index (χ1v) is 5.58. The summed E-state index contributed by atoms with van der Waals surface area (Å²) in [5.74, 6) is 0.112. The first-order chi connectivity index (χ1) is 8.15. The first-order valence-electron chi connectivity index (χ1n) is 5.58. The molecule has 2 aromatic rings. The molecule has 3 nitrogen and oxygen atoms in total. The number of nitrogens with zero attached hydrogens (tertiary/aromatic N) is 2. The zero-order valence-corrected chi connectivity index (χ0v) is 10.1. The molecule has 0 bridgehead atoms. The van der Waals surface area contributed by atoms with E-state index in [0.717, 1.165) is 17.0 Å². The Morgan fingerprint density at radius 2 is 1.71 bits per heavy atom. The number of rotatable bonds is 3. The van der Waals surface area contributed by atoms with Gasteiger partial charge in [0.1, 0.15) is 11.4 Å². The number of aryl methyl sites for hydroxylation is 2. The number of carbonyl (C=O) groups excluding carboxylic acids is 1. The monoisotopic (exact) mass is 227 g/mol. The van der Waals surface area contributed by atoms with E-state index < -0.39 is 0 Å². The van der Waals surface area contributed by atoms with E-state index in [0.29, 0.717) is 6.54 Å². The molecule has 0 aliphatic heterocycles. The zero-order valence-electron chi connectivity index (χ0n) is 10.1. The molecule has 0 amide bonds.